The Labute approximate surface area is 166 Å². The molecule has 0 bridgehead atoms. The van der Waals surface area contributed by atoms with E-state index in [2.05, 4.69) is 19.6 Å². The maximum atomic E-state index is 13.0. The lowest BCUT2D eigenvalue weighted by atomic mass is 10.1. The SMILES string of the molecule is CCN1C[C@H](NS(=O)(=O)c2ccc(OC)c(-c3cnc(C)nc3)c2)[C@@H](OC)C1. The number of likely N-dealkylation sites (N-methyl/N-ethyl adjacent to an activating group) is 1. The number of aromatic nitrogens is 2. The van der Waals surface area contributed by atoms with Crippen LogP contribution in [0.1, 0.15) is 12.7 Å². The average molecular weight is 407 g/mol. The number of likely N-dealkylation sites (tertiary alicyclic amines) is 1. The van der Waals surface area contributed by atoms with Gasteiger partial charge in [0.15, 0.2) is 0 Å². The molecule has 1 N–H and O–H groups in total. The Hall–Kier alpha value is -2.07. The van der Waals surface area contributed by atoms with Crippen molar-refractivity contribution in [2.24, 2.45) is 0 Å². The molecule has 0 spiro atoms. The summed E-state index contributed by atoms with van der Waals surface area (Å²) < 4.78 is 39.7. The molecule has 28 heavy (non-hydrogen) atoms. The van der Waals surface area contributed by atoms with E-state index in [0.717, 1.165) is 6.54 Å². The van der Waals surface area contributed by atoms with Crippen LogP contribution in [0.2, 0.25) is 0 Å². The largest absolute Gasteiger partial charge is 0.496 e. The Morgan fingerprint density at radius 2 is 1.93 bits per heavy atom. The van der Waals surface area contributed by atoms with E-state index in [1.165, 1.54) is 6.07 Å². The molecule has 1 saturated heterocycles. The summed E-state index contributed by atoms with van der Waals surface area (Å²) in [6, 6.07) is 4.46. The third-order valence-corrected chi connectivity index (χ3v) is 6.46. The van der Waals surface area contributed by atoms with Gasteiger partial charge in [-0.15, -0.1) is 0 Å². The minimum Gasteiger partial charge on any atom is -0.496 e. The lowest BCUT2D eigenvalue weighted by Crippen LogP contribution is -2.43. The lowest BCUT2D eigenvalue weighted by molar-refractivity contribution is 0.0954. The van der Waals surface area contributed by atoms with Crippen molar-refractivity contribution in [1.29, 1.82) is 0 Å². The van der Waals surface area contributed by atoms with Gasteiger partial charge in [-0.25, -0.2) is 23.1 Å². The Morgan fingerprint density at radius 3 is 2.54 bits per heavy atom. The van der Waals surface area contributed by atoms with Crippen molar-refractivity contribution < 1.29 is 17.9 Å². The van der Waals surface area contributed by atoms with Gasteiger partial charge in [0.25, 0.3) is 0 Å². The van der Waals surface area contributed by atoms with E-state index < -0.39 is 10.0 Å². The first-order valence-electron chi connectivity index (χ1n) is 9.12. The number of aryl methyl sites for hydroxylation is 1. The summed E-state index contributed by atoms with van der Waals surface area (Å²) in [6.07, 6.45) is 3.13. The smallest absolute Gasteiger partial charge is 0.240 e. The monoisotopic (exact) mass is 406 g/mol. The van der Waals surface area contributed by atoms with Crippen LogP contribution in [0.3, 0.4) is 0 Å². The highest BCUT2D eigenvalue weighted by molar-refractivity contribution is 7.89. The van der Waals surface area contributed by atoms with E-state index in [-0.39, 0.29) is 17.0 Å². The van der Waals surface area contributed by atoms with Gasteiger partial charge in [-0.05, 0) is 31.7 Å². The van der Waals surface area contributed by atoms with Gasteiger partial charge in [-0.2, -0.15) is 0 Å². The van der Waals surface area contributed by atoms with Gasteiger partial charge in [0.05, 0.1) is 24.2 Å². The van der Waals surface area contributed by atoms with Crippen LogP contribution in [0, 0.1) is 6.92 Å². The third kappa shape index (κ3) is 4.33. The van der Waals surface area contributed by atoms with Gasteiger partial charge in [0, 0.05) is 43.7 Å². The number of sulfonamides is 1. The van der Waals surface area contributed by atoms with Crippen LogP contribution in [0.4, 0.5) is 0 Å². The van der Waals surface area contributed by atoms with Crippen molar-refractivity contribution in [2.75, 3.05) is 33.9 Å². The summed E-state index contributed by atoms with van der Waals surface area (Å²) in [5.41, 5.74) is 1.31. The second kappa shape index (κ2) is 8.52. The first kappa shape index (κ1) is 20.7. The van der Waals surface area contributed by atoms with E-state index in [4.69, 9.17) is 9.47 Å². The van der Waals surface area contributed by atoms with Gasteiger partial charge >= 0.3 is 0 Å². The van der Waals surface area contributed by atoms with Crippen LogP contribution in [0.5, 0.6) is 5.75 Å². The lowest BCUT2D eigenvalue weighted by Gasteiger charge is -2.19. The molecular formula is C19H26N4O4S. The van der Waals surface area contributed by atoms with Gasteiger partial charge in [-0.3, -0.25) is 4.90 Å². The van der Waals surface area contributed by atoms with Crippen LogP contribution in [-0.2, 0) is 14.8 Å². The predicted molar refractivity (Wildman–Crippen MR) is 106 cm³/mol. The Kier molecular flexibility index (Phi) is 6.29. The molecule has 1 aromatic heterocycles. The topological polar surface area (TPSA) is 93.7 Å². The molecule has 2 heterocycles. The summed E-state index contributed by atoms with van der Waals surface area (Å²) >= 11 is 0. The third-order valence-electron chi connectivity index (χ3n) is 4.97. The number of hydrogen-bond acceptors (Lipinski definition) is 7. The second-order valence-electron chi connectivity index (χ2n) is 6.74. The standard InChI is InChI=1S/C19H26N4O4S/c1-5-23-11-17(19(12-23)27-4)22-28(24,25)15-6-7-18(26-3)16(8-15)14-9-20-13(2)21-10-14/h6-10,17,19,22H,5,11-12H2,1-4H3/t17-,19-/m0/s1. The molecule has 2 atom stereocenters. The fourth-order valence-electron chi connectivity index (χ4n) is 3.34. The highest BCUT2D eigenvalue weighted by atomic mass is 32.2. The number of hydrogen-bond donors (Lipinski definition) is 1. The minimum atomic E-state index is -3.74. The quantitative estimate of drug-likeness (QED) is 0.744. The van der Waals surface area contributed by atoms with Crippen molar-refractivity contribution in [2.45, 2.75) is 30.9 Å². The number of benzene rings is 1. The van der Waals surface area contributed by atoms with E-state index in [0.29, 0.717) is 35.8 Å². The normalized spacial score (nSPS) is 20.4. The number of ether oxygens (including phenoxy) is 2. The summed E-state index contributed by atoms with van der Waals surface area (Å²) in [4.78, 5) is 10.7. The van der Waals surface area contributed by atoms with E-state index in [1.54, 1.807) is 45.7 Å². The highest BCUT2D eigenvalue weighted by Crippen LogP contribution is 2.31. The van der Waals surface area contributed by atoms with Crippen molar-refractivity contribution in [3.8, 4) is 16.9 Å². The molecule has 8 nitrogen and oxygen atoms in total. The molecule has 0 amide bonds. The first-order valence-corrected chi connectivity index (χ1v) is 10.6. The van der Waals surface area contributed by atoms with E-state index >= 15 is 0 Å². The maximum Gasteiger partial charge on any atom is 0.240 e. The Morgan fingerprint density at radius 1 is 1.21 bits per heavy atom. The molecule has 0 aliphatic carbocycles. The second-order valence-corrected chi connectivity index (χ2v) is 8.45. The summed E-state index contributed by atoms with van der Waals surface area (Å²) in [7, 11) is -0.587. The molecule has 1 aliphatic rings. The van der Waals surface area contributed by atoms with Crippen molar-refractivity contribution in [3.05, 3.63) is 36.4 Å². The molecule has 0 unspecified atom stereocenters. The number of nitrogens with one attached hydrogen (secondary N) is 1. The number of rotatable bonds is 7. The Bertz CT molecular complexity index is 918. The summed E-state index contributed by atoms with van der Waals surface area (Å²) in [5.74, 6) is 1.19. The van der Waals surface area contributed by atoms with Gasteiger partial charge in [0.2, 0.25) is 10.0 Å². The highest BCUT2D eigenvalue weighted by Gasteiger charge is 2.35. The molecule has 3 rings (SSSR count). The van der Waals surface area contributed by atoms with Crippen molar-refractivity contribution in [3.63, 3.8) is 0 Å². The molecule has 1 aliphatic heterocycles. The molecule has 1 fully saturated rings. The molecule has 0 saturated carbocycles. The fraction of sp³-hybridized carbons (Fsp3) is 0.474. The van der Waals surface area contributed by atoms with Crippen molar-refractivity contribution in [1.82, 2.24) is 19.6 Å². The van der Waals surface area contributed by atoms with Crippen molar-refractivity contribution >= 4 is 10.0 Å². The van der Waals surface area contributed by atoms with Crippen LogP contribution in [0.15, 0.2) is 35.5 Å². The zero-order valence-corrected chi connectivity index (χ0v) is 17.4. The minimum absolute atomic E-state index is 0.161. The zero-order valence-electron chi connectivity index (χ0n) is 16.5. The number of nitrogens with zero attached hydrogens (tertiary/aromatic N) is 3. The van der Waals surface area contributed by atoms with Gasteiger partial charge in [0.1, 0.15) is 11.6 Å². The molecule has 1 aromatic carbocycles. The van der Waals surface area contributed by atoms with Crippen LogP contribution in [-0.4, -0.2) is 69.3 Å². The Balaban J connectivity index is 1.92. The molecule has 9 heteroatoms. The van der Waals surface area contributed by atoms with Crippen LogP contribution >= 0.6 is 0 Å². The zero-order chi connectivity index (χ0) is 20.3. The molecule has 2 aromatic rings. The van der Waals surface area contributed by atoms with E-state index in [9.17, 15) is 8.42 Å². The summed E-state index contributed by atoms with van der Waals surface area (Å²) in [5, 5.41) is 0. The van der Waals surface area contributed by atoms with Crippen LogP contribution < -0.4 is 9.46 Å². The maximum absolute atomic E-state index is 13.0. The fourth-order valence-corrected chi connectivity index (χ4v) is 4.62. The van der Waals surface area contributed by atoms with Gasteiger partial charge in [-0.1, -0.05) is 6.92 Å². The average Bonchev–Trinajstić information content (AvgIpc) is 3.09. The van der Waals surface area contributed by atoms with Gasteiger partial charge < -0.3 is 9.47 Å². The molecule has 152 valence electrons. The predicted octanol–water partition coefficient (Wildman–Crippen LogP) is 1.46. The molecular weight excluding hydrogens is 380 g/mol. The van der Waals surface area contributed by atoms with E-state index in [1.807, 2.05) is 6.92 Å². The first-order chi connectivity index (χ1) is 13.4. The molecule has 0 radical (unpaired) electrons. The number of methoxy groups -OCH3 is 2. The summed E-state index contributed by atoms with van der Waals surface area (Å²) in [6.45, 7) is 6.00. The van der Waals surface area contributed by atoms with Crippen LogP contribution in [0.25, 0.3) is 11.1 Å².